The zero-order valence-electron chi connectivity index (χ0n) is 11.4. The first kappa shape index (κ1) is 15.1. The fourth-order valence-corrected chi connectivity index (χ4v) is 7.01. The van der Waals surface area contributed by atoms with E-state index in [1.54, 1.807) is 18.2 Å². The van der Waals surface area contributed by atoms with Gasteiger partial charge in [0.25, 0.3) is 0 Å². The Kier molecular flexibility index (Phi) is 7.05. The summed E-state index contributed by atoms with van der Waals surface area (Å²) in [6.45, 7) is 7.27. The van der Waals surface area contributed by atoms with Crippen molar-refractivity contribution in [3.05, 3.63) is 0 Å². The Morgan fingerprint density at radius 2 is 1.62 bits per heavy atom. The van der Waals surface area contributed by atoms with Crippen molar-refractivity contribution in [1.82, 2.24) is 0 Å². The molecule has 0 N–H and O–H groups in total. The van der Waals surface area contributed by atoms with Gasteiger partial charge >= 0.3 is 115 Å². The molecule has 1 aliphatic carbocycles. The molecule has 0 unspecified atom stereocenters. The molecule has 2 heteroatoms. The SMILES string of the molecule is C[Se]CCC[Se]C1CCC(C(C)(C)C)CC1. The Balaban J connectivity index is 2.12. The van der Waals surface area contributed by atoms with Crippen LogP contribution in [0.4, 0.5) is 0 Å². The fraction of sp³-hybridized carbons (Fsp3) is 1.00. The van der Waals surface area contributed by atoms with Crippen LogP contribution >= 0.6 is 0 Å². The van der Waals surface area contributed by atoms with Crippen LogP contribution in [0.5, 0.6) is 0 Å². The van der Waals surface area contributed by atoms with E-state index in [9.17, 15) is 0 Å². The van der Waals surface area contributed by atoms with Crippen LogP contribution in [0, 0.1) is 11.3 Å². The molecule has 0 aromatic heterocycles. The molecule has 0 bridgehead atoms. The topological polar surface area (TPSA) is 0 Å². The third-order valence-electron chi connectivity index (χ3n) is 3.75. The van der Waals surface area contributed by atoms with Crippen molar-refractivity contribution in [1.29, 1.82) is 0 Å². The van der Waals surface area contributed by atoms with Crippen LogP contribution in [0.2, 0.25) is 21.3 Å². The molecule has 16 heavy (non-hydrogen) atoms. The summed E-state index contributed by atoms with van der Waals surface area (Å²) in [5, 5.41) is 3.08. The first-order valence-corrected chi connectivity index (χ1v) is 11.8. The maximum absolute atomic E-state index is 2.42. The monoisotopic (exact) mass is 356 g/mol. The van der Waals surface area contributed by atoms with Gasteiger partial charge in [-0.2, -0.15) is 0 Å². The molecule has 0 aromatic rings. The summed E-state index contributed by atoms with van der Waals surface area (Å²) >= 11 is 1.88. The zero-order valence-corrected chi connectivity index (χ0v) is 14.8. The molecule has 0 saturated heterocycles. The van der Waals surface area contributed by atoms with Gasteiger partial charge in [-0.1, -0.05) is 0 Å². The minimum absolute atomic E-state index is 0.558. The quantitative estimate of drug-likeness (QED) is 0.496. The Labute approximate surface area is 115 Å². The molecule has 0 nitrogen and oxygen atoms in total. The summed E-state index contributed by atoms with van der Waals surface area (Å²) in [5.74, 6) is 3.37. The zero-order chi connectivity index (χ0) is 12.0. The Bertz CT molecular complexity index is 176. The second-order valence-electron chi connectivity index (χ2n) is 6.06. The maximum atomic E-state index is 2.42. The molecule has 0 atom stereocenters. The molecule has 1 aliphatic rings. The predicted octanol–water partition coefficient (Wildman–Crippen LogP) is 4.69. The number of hydrogen-bond donors (Lipinski definition) is 0. The van der Waals surface area contributed by atoms with Crippen LogP contribution in [-0.4, -0.2) is 29.9 Å². The van der Waals surface area contributed by atoms with Crippen molar-refractivity contribution in [2.45, 2.75) is 74.2 Å². The normalized spacial score (nSPS) is 27.0. The van der Waals surface area contributed by atoms with Crippen molar-refractivity contribution < 1.29 is 0 Å². The summed E-state index contributed by atoms with van der Waals surface area (Å²) < 4.78 is 0. The molecular weight excluding hydrogens is 326 g/mol. The summed E-state index contributed by atoms with van der Waals surface area (Å²) in [6.07, 6.45) is 7.62. The average Bonchev–Trinajstić information content (AvgIpc) is 2.24. The van der Waals surface area contributed by atoms with E-state index in [4.69, 9.17) is 0 Å². The minimum atomic E-state index is 0.558. The van der Waals surface area contributed by atoms with Crippen molar-refractivity contribution >= 4 is 29.9 Å². The van der Waals surface area contributed by atoms with E-state index < -0.39 is 0 Å². The standard InChI is InChI=1S/C14H28Se2/c1-14(2,3)12-6-8-13(9-7-12)16-11-5-10-15-4/h12-13H,5-11H2,1-4H3. The molecule has 0 aromatic carbocycles. The molecule has 0 spiro atoms. The molecule has 1 saturated carbocycles. The first-order valence-electron chi connectivity index (χ1n) is 6.64. The summed E-state index contributed by atoms with van der Waals surface area (Å²) in [4.78, 5) is 1.13. The number of rotatable bonds is 5. The van der Waals surface area contributed by atoms with Crippen LogP contribution in [0.15, 0.2) is 0 Å². The van der Waals surface area contributed by atoms with Gasteiger partial charge in [0.2, 0.25) is 0 Å². The van der Waals surface area contributed by atoms with Crippen LogP contribution in [0.1, 0.15) is 52.9 Å². The van der Waals surface area contributed by atoms with Gasteiger partial charge in [-0.25, -0.2) is 0 Å². The first-order chi connectivity index (χ1) is 7.54. The second kappa shape index (κ2) is 7.47. The van der Waals surface area contributed by atoms with Crippen molar-refractivity contribution in [3.8, 4) is 0 Å². The van der Waals surface area contributed by atoms with Gasteiger partial charge in [0.05, 0.1) is 0 Å². The third-order valence-corrected chi connectivity index (χ3v) is 8.29. The van der Waals surface area contributed by atoms with Crippen LogP contribution in [-0.2, 0) is 0 Å². The van der Waals surface area contributed by atoms with E-state index >= 15 is 0 Å². The summed E-state index contributed by atoms with van der Waals surface area (Å²) in [7, 11) is 0. The number of hydrogen-bond acceptors (Lipinski definition) is 0. The van der Waals surface area contributed by atoms with Gasteiger partial charge < -0.3 is 0 Å². The van der Waals surface area contributed by atoms with E-state index in [0.29, 0.717) is 5.41 Å². The van der Waals surface area contributed by atoms with Crippen molar-refractivity contribution in [3.63, 3.8) is 0 Å². The van der Waals surface area contributed by atoms with E-state index in [2.05, 4.69) is 26.6 Å². The van der Waals surface area contributed by atoms with Crippen LogP contribution in [0.3, 0.4) is 0 Å². The molecule has 1 rings (SSSR count). The Morgan fingerprint density at radius 1 is 1.00 bits per heavy atom. The fourth-order valence-electron chi connectivity index (χ4n) is 2.55. The van der Waals surface area contributed by atoms with Crippen molar-refractivity contribution in [2.75, 3.05) is 0 Å². The van der Waals surface area contributed by atoms with E-state index in [1.807, 2.05) is 0 Å². The second-order valence-corrected chi connectivity index (χ2v) is 11.1. The Morgan fingerprint density at radius 3 is 2.12 bits per heavy atom. The third kappa shape index (κ3) is 5.58. The average molecular weight is 354 g/mol. The van der Waals surface area contributed by atoms with E-state index in [-0.39, 0.29) is 0 Å². The molecule has 0 heterocycles. The predicted molar refractivity (Wildman–Crippen MR) is 76.8 cm³/mol. The van der Waals surface area contributed by atoms with Gasteiger partial charge in [-0.3, -0.25) is 0 Å². The van der Waals surface area contributed by atoms with Crippen LogP contribution in [0.25, 0.3) is 0 Å². The van der Waals surface area contributed by atoms with Gasteiger partial charge in [-0.15, -0.1) is 0 Å². The van der Waals surface area contributed by atoms with Crippen molar-refractivity contribution in [2.24, 2.45) is 11.3 Å². The summed E-state index contributed by atoms with van der Waals surface area (Å²) in [6, 6.07) is 0. The molecular formula is C14H28Se2. The summed E-state index contributed by atoms with van der Waals surface area (Å²) in [5.41, 5.74) is 0.558. The molecule has 0 aliphatic heterocycles. The van der Waals surface area contributed by atoms with Crippen LogP contribution < -0.4 is 0 Å². The molecule has 96 valence electrons. The van der Waals surface area contributed by atoms with Gasteiger partial charge in [-0.05, 0) is 0 Å². The van der Waals surface area contributed by atoms with E-state index in [0.717, 1.165) is 40.6 Å². The molecule has 0 radical (unpaired) electrons. The Hall–Kier alpha value is 1.04. The van der Waals surface area contributed by atoms with Gasteiger partial charge in [0, 0.05) is 0 Å². The molecule has 1 fully saturated rings. The van der Waals surface area contributed by atoms with Gasteiger partial charge in [0.15, 0.2) is 0 Å². The van der Waals surface area contributed by atoms with E-state index in [1.165, 1.54) is 24.6 Å². The molecule has 0 amide bonds. The van der Waals surface area contributed by atoms with Gasteiger partial charge in [0.1, 0.15) is 0 Å².